The summed E-state index contributed by atoms with van der Waals surface area (Å²) < 4.78 is 12.5. The summed E-state index contributed by atoms with van der Waals surface area (Å²) in [4.78, 5) is 4.52. The van der Waals surface area contributed by atoms with Crippen molar-refractivity contribution in [2.45, 2.75) is 0 Å². The minimum absolute atomic E-state index is 0.828. The maximum absolute atomic E-state index is 6.26. The highest BCUT2D eigenvalue weighted by Crippen LogP contribution is 2.39. The number of nitrogens with zero attached hydrogens (tertiary/aromatic N) is 1. The highest BCUT2D eigenvalue weighted by molar-refractivity contribution is 6.16. The standard InChI is InChI=1S/C35H21NO2/c1-2-7-22(8-3-1)24-12-14-32-27(18-24)29-20-30-28-19-25(13-15-33(28)38-35(30)21-34(29)37-32)23-9-6-10-26(17-23)31-11-4-5-16-36-31/h1-21H. The second-order valence-corrected chi connectivity index (χ2v) is 9.63. The third kappa shape index (κ3) is 3.33. The normalized spacial score (nSPS) is 11.7. The highest BCUT2D eigenvalue weighted by Gasteiger charge is 2.15. The maximum Gasteiger partial charge on any atom is 0.139 e. The Morgan fingerprint density at radius 2 is 0.947 bits per heavy atom. The molecule has 3 nitrogen and oxygen atoms in total. The molecule has 3 aromatic heterocycles. The van der Waals surface area contributed by atoms with Crippen molar-refractivity contribution >= 4 is 43.9 Å². The minimum atomic E-state index is 0.828. The summed E-state index contributed by atoms with van der Waals surface area (Å²) in [6.45, 7) is 0. The number of furan rings is 2. The first-order chi connectivity index (χ1) is 18.8. The second kappa shape index (κ2) is 8.19. The number of hydrogen-bond acceptors (Lipinski definition) is 3. The lowest BCUT2D eigenvalue weighted by atomic mass is 9.99. The van der Waals surface area contributed by atoms with Crippen LogP contribution in [0.5, 0.6) is 0 Å². The first-order valence-electron chi connectivity index (χ1n) is 12.7. The third-order valence-corrected chi connectivity index (χ3v) is 7.32. The van der Waals surface area contributed by atoms with E-state index in [-0.39, 0.29) is 0 Å². The molecule has 0 aliphatic heterocycles. The Hall–Kier alpha value is -5.15. The van der Waals surface area contributed by atoms with E-state index >= 15 is 0 Å². The summed E-state index contributed by atoms with van der Waals surface area (Å²) in [5, 5.41) is 4.38. The molecule has 0 aliphatic rings. The van der Waals surface area contributed by atoms with E-state index in [4.69, 9.17) is 8.83 Å². The Labute approximate surface area is 218 Å². The van der Waals surface area contributed by atoms with Crippen LogP contribution in [0.1, 0.15) is 0 Å². The lowest BCUT2D eigenvalue weighted by Gasteiger charge is -2.06. The van der Waals surface area contributed by atoms with Crippen LogP contribution < -0.4 is 0 Å². The largest absolute Gasteiger partial charge is 0.456 e. The van der Waals surface area contributed by atoms with Crippen molar-refractivity contribution in [1.29, 1.82) is 0 Å². The van der Waals surface area contributed by atoms with Crippen molar-refractivity contribution < 1.29 is 8.83 Å². The molecular weight excluding hydrogens is 466 g/mol. The lowest BCUT2D eigenvalue weighted by Crippen LogP contribution is -1.84. The Bertz CT molecular complexity index is 2120. The fourth-order valence-electron chi connectivity index (χ4n) is 5.43. The van der Waals surface area contributed by atoms with Crippen LogP contribution in [0, 0.1) is 0 Å². The molecule has 38 heavy (non-hydrogen) atoms. The zero-order chi connectivity index (χ0) is 25.1. The van der Waals surface area contributed by atoms with Crippen LogP contribution in [0.25, 0.3) is 77.4 Å². The first kappa shape index (κ1) is 21.0. The van der Waals surface area contributed by atoms with Crippen molar-refractivity contribution in [1.82, 2.24) is 4.98 Å². The monoisotopic (exact) mass is 487 g/mol. The van der Waals surface area contributed by atoms with E-state index < -0.39 is 0 Å². The predicted molar refractivity (Wildman–Crippen MR) is 155 cm³/mol. The van der Waals surface area contributed by atoms with Gasteiger partial charge in [0.15, 0.2) is 0 Å². The second-order valence-electron chi connectivity index (χ2n) is 9.63. The summed E-state index contributed by atoms with van der Waals surface area (Å²) in [5.74, 6) is 0. The molecule has 0 unspecified atom stereocenters. The van der Waals surface area contributed by atoms with Gasteiger partial charge in [0.05, 0.1) is 5.69 Å². The van der Waals surface area contributed by atoms with Gasteiger partial charge < -0.3 is 8.83 Å². The van der Waals surface area contributed by atoms with Gasteiger partial charge in [0.2, 0.25) is 0 Å². The first-order valence-corrected chi connectivity index (χ1v) is 12.7. The molecule has 0 saturated heterocycles. The van der Waals surface area contributed by atoms with Crippen molar-refractivity contribution in [2.24, 2.45) is 0 Å². The average molecular weight is 488 g/mol. The zero-order valence-corrected chi connectivity index (χ0v) is 20.4. The number of benzene rings is 5. The lowest BCUT2D eigenvalue weighted by molar-refractivity contribution is 0.656. The molecule has 0 spiro atoms. The van der Waals surface area contributed by atoms with Gasteiger partial charge in [-0.3, -0.25) is 4.98 Å². The van der Waals surface area contributed by atoms with E-state index in [1.807, 2.05) is 36.5 Å². The third-order valence-electron chi connectivity index (χ3n) is 7.32. The molecule has 178 valence electrons. The van der Waals surface area contributed by atoms with E-state index in [9.17, 15) is 0 Å². The van der Waals surface area contributed by atoms with Gasteiger partial charge in [0.1, 0.15) is 22.3 Å². The van der Waals surface area contributed by atoms with E-state index in [0.29, 0.717) is 0 Å². The molecule has 3 heteroatoms. The van der Waals surface area contributed by atoms with Crippen molar-refractivity contribution in [3.05, 3.63) is 128 Å². The summed E-state index contributed by atoms with van der Waals surface area (Å²) in [7, 11) is 0. The van der Waals surface area contributed by atoms with E-state index in [2.05, 4.69) is 96.0 Å². The van der Waals surface area contributed by atoms with Gasteiger partial charge in [0, 0.05) is 39.4 Å². The zero-order valence-electron chi connectivity index (χ0n) is 20.4. The molecule has 0 bridgehead atoms. The minimum Gasteiger partial charge on any atom is -0.456 e. The maximum atomic E-state index is 6.26. The molecule has 5 aromatic carbocycles. The fourth-order valence-corrected chi connectivity index (χ4v) is 5.43. The number of hydrogen-bond donors (Lipinski definition) is 0. The molecule has 0 radical (unpaired) electrons. The van der Waals surface area contributed by atoms with Gasteiger partial charge in [-0.05, 0) is 70.8 Å². The van der Waals surface area contributed by atoms with Gasteiger partial charge in [-0.2, -0.15) is 0 Å². The predicted octanol–water partition coefficient (Wildman–Crippen LogP) is 9.88. The summed E-state index contributed by atoms with van der Waals surface area (Å²) in [5.41, 5.74) is 10.1. The smallest absolute Gasteiger partial charge is 0.139 e. The van der Waals surface area contributed by atoms with Gasteiger partial charge in [-0.15, -0.1) is 0 Å². The van der Waals surface area contributed by atoms with Crippen LogP contribution >= 0.6 is 0 Å². The molecular formula is C35H21NO2. The van der Waals surface area contributed by atoms with Crippen LogP contribution in [0.3, 0.4) is 0 Å². The van der Waals surface area contributed by atoms with Crippen LogP contribution in [0.15, 0.2) is 136 Å². The molecule has 0 N–H and O–H groups in total. The Kier molecular flexibility index (Phi) is 4.52. The van der Waals surface area contributed by atoms with Gasteiger partial charge in [-0.1, -0.05) is 66.7 Å². The molecule has 0 atom stereocenters. The number of pyridine rings is 1. The van der Waals surface area contributed by atoms with Crippen molar-refractivity contribution in [2.75, 3.05) is 0 Å². The van der Waals surface area contributed by atoms with Gasteiger partial charge >= 0.3 is 0 Å². The van der Waals surface area contributed by atoms with Crippen LogP contribution in [-0.4, -0.2) is 4.98 Å². The quantitative estimate of drug-likeness (QED) is 0.249. The van der Waals surface area contributed by atoms with Crippen molar-refractivity contribution in [3.63, 3.8) is 0 Å². The number of rotatable bonds is 3. The SMILES string of the molecule is c1ccc(-c2ccc3oc4cc5oc6ccc(-c7cccc(-c8ccccn8)c7)cc6c5cc4c3c2)cc1. The molecule has 3 heterocycles. The van der Waals surface area contributed by atoms with Gasteiger partial charge in [-0.25, -0.2) is 0 Å². The molecule has 8 aromatic rings. The molecule has 0 aliphatic carbocycles. The highest BCUT2D eigenvalue weighted by atomic mass is 16.3. The van der Waals surface area contributed by atoms with E-state index in [1.54, 1.807) is 0 Å². The molecule has 8 rings (SSSR count). The van der Waals surface area contributed by atoms with E-state index in [0.717, 1.165) is 66.3 Å². The summed E-state index contributed by atoms with van der Waals surface area (Å²) in [6.07, 6.45) is 1.83. The molecule has 0 amide bonds. The molecule has 0 saturated carbocycles. The average Bonchev–Trinajstić information content (AvgIpc) is 3.53. The Balaban J connectivity index is 1.30. The van der Waals surface area contributed by atoms with Crippen molar-refractivity contribution in [3.8, 4) is 33.5 Å². The Morgan fingerprint density at radius 3 is 1.63 bits per heavy atom. The fraction of sp³-hybridized carbons (Fsp3) is 0. The number of fused-ring (bicyclic) bond motifs is 6. The van der Waals surface area contributed by atoms with E-state index in [1.165, 1.54) is 11.1 Å². The van der Waals surface area contributed by atoms with Crippen LogP contribution in [-0.2, 0) is 0 Å². The topological polar surface area (TPSA) is 39.2 Å². The van der Waals surface area contributed by atoms with Gasteiger partial charge in [0.25, 0.3) is 0 Å². The molecule has 0 fully saturated rings. The Morgan fingerprint density at radius 1 is 0.368 bits per heavy atom. The summed E-state index contributed by atoms with van der Waals surface area (Å²) in [6, 6.07) is 42.0. The number of aromatic nitrogens is 1. The van der Waals surface area contributed by atoms with Crippen LogP contribution in [0.4, 0.5) is 0 Å². The van der Waals surface area contributed by atoms with Crippen LogP contribution in [0.2, 0.25) is 0 Å². The summed E-state index contributed by atoms with van der Waals surface area (Å²) >= 11 is 0.